The van der Waals surface area contributed by atoms with Gasteiger partial charge in [-0.15, -0.1) is 5.10 Å². The van der Waals surface area contributed by atoms with E-state index in [1.54, 1.807) is 0 Å². The van der Waals surface area contributed by atoms with Gasteiger partial charge in [0.05, 0.1) is 5.69 Å². The lowest BCUT2D eigenvalue weighted by Crippen LogP contribution is -2.56. The molecule has 1 fully saturated rings. The molecule has 1 saturated heterocycles. The van der Waals surface area contributed by atoms with E-state index in [0.29, 0.717) is 6.04 Å². The van der Waals surface area contributed by atoms with Crippen LogP contribution in [-0.4, -0.2) is 29.3 Å². The minimum atomic E-state index is 0.316. The Balaban J connectivity index is 1.84. The molecule has 4 heteroatoms. The Labute approximate surface area is 95.8 Å². The van der Waals surface area contributed by atoms with E-state index in [1.807, 2.05) is 0 Å². The smallest absolute Gasteiger partial charge is 0.151 e. The molecule has 1 aromatic heterocycles. The van der Waals surface area contributed by atoms with Crippen molar-refractivity contribution in [2.24, 2.45) is 11.7 Å². The van der Waals surface area contributed by atoms with Crippen LogP contribution in [0.4, 0.5) is 5.82 Å². The predicted molar refractivity (Wildman–Crippen MR) is 63.4 cm³/mol. The molecular formula is C12H18N4. The van der Waals surface area contributed by atoms with Crippen LogP contribution in [0.5, 0.6) is 0 Å². The molecular weight excluding hydrogens is 200 g/mol. The number of nitrogens with two attached hydrogens (primary N) is 1. The van der Waals surface area contributed by atoms with Gasteiger partial charge in [0.1, 0.15) is 0 Å². The summed E-state index contributed by atoms with van der Waals surface area (Å²) < 4.78 is 0. The highest BCUT2D eigenvalue weighted by molar-refractivity contribution is 5.45. The molecule has 1 aliphatic carbocycles. The van der Waals surface area contributed by atoms with E-state index < -0.39 is 0 Å². The second-order valence-electron chi connectivity index (χ2n) is 5.19. The zero-order valence-corrected chi connectivity index (χ0v) is 9.69. The van der Waals surface area contributed by atoms with Gasteiger partial charge in [-0.05, 0) is 36.8 Å². The van der Waals surface area contributed by atoms with Gasteiger partial charge in [-0.2, -0.15) is 5.10 Å². The van der Waals surface area contributed by atoms with Gasteiger partial charge in [0.2, 0.25) is 0 Å². The first-order valence-corrected chi connectivity index (χ1v) is 6.08. The fraction of sp³-hybridized carbons (Fsp3) is 0.667. The van der Waals surface area contributed by atoms with Crippen LogP contribution < -0.4 is 10.6 Å². The minimum Gasteiger partial charge on any atom is -0.352 e. The van der Waals surface area contributed by atoms with Crippen LogP contribution in [0, 0.1) is 5.92 Å². The molecule has 1 atom stereocenters. The van der Waals surface area contributed by atoms with E-state index >= 15 is 0 Å². The first-order chi connectivity index (χ1) is 7.72. The average molecular weight is 218 g/mol. The lowest BCUT2D eigenvalue weighted by atomic mass is 9.88. The third-order valence-electron chi connectivity index (χ3n) is 3.62. The van der Waals surface area contributed by atoms with Crippen molar-refractivity contribution in [3.63, 3.8) is 0 Å². The molecule has 2 aliphatic rings. The van der Waals surface area contributed by atoms with Crippen molar-refractivity contribution in [3.8, 4) is 0 Å². The Hall–Kier alpha value is -1.16. The standard InChI is InChI=1S/C12H18N4/c1-8-2-3-11-9(4-8)5-12(15-14-11)16-6-10(13)7-16/h5,8,10H,2-4,6-7,13H2,1H3/t8-/m1/s1. The van der Waals surface area contributed by atoms with Gasteiger partial charge in [0, 0.05) is 19.1 Å². The number of rotatable bonds is 1. The zero-order chi connectivity index (χ0) is 11.1. The zero-order valence-electron chi connectivity index (χ0n) is 9.69. The van der Waals surface area contributed by atoms with E-state index in [0.717, 1.165) is 37.7 Å². The quantitative estimate of drug-likeness (QED) is 0.755. The van der Waals surface area contributed by atoms with Crippen LogP contribution in [0.15, 0.2) is 6.07 Å². The Morgan fingerprint density at radius 3 is 2.94 bits per heavy atom. The molecule has 1 aromatic rings. The first kappa shape index (κ1) is 10.0. The summed E-state index contributed by atoms with van der Waals surface area (Å²) in [6, 6.07) is 2.53. The molecule has 86 valence electrons. The van der Waals surface area contributed by atoms with Gasteiger partial charge in [-0.25, -0.2) is 0 Å². The van der Waals surface area contributed by atoms with Gasteiger partial charge in [0.15, 0.2) is 5.82 Å². The lowest BCUT2D eigenvalue weighted by Gasteiger charge is -2.38. The molecule has 1 aliphatic heterocycles. The average Bonchev–Trinajstić information content (AvgIpc) is 2.24. The molecule has 2 heterocycles. The van der Waals surface area contributed by atoms with Crippen molar-refractivity contribution in [2.45, 2.75) is 32.2 Å². The summed E-state index contributed by atoms with van der Waals surface area (Å²) in [6.45, 7) is 4.15. The minimum absolute atomic E-state index is 0.316. The van der Waals surface area contributed by atoms with E-state index in [1.165, 1.54) is 17.7 Å². The van der Waals surface area contributed by atoms with Gasteiger partial charge in [0.25, 0.3) is 0 Å². The molecule has 4 nitrogen and oxygen atoms in total. The lowest BCUT2D eigenvalue weighted by molar-refractivity contribution is 0.483. The van der Waals surface area contributed by atoms with Crippen molar-refractivity contribution in [1.29, 1.82) is 0 Å². The topological polar surface area (TPSA) is 55.0 Å². The van der Waals surface area contributed by atoms with Gasteiger partial charge >= 0.3 is 0 Å². The number of nitrogens with zero attached hydrogens (tertiary/aromatic N) is 3. The summed E-state index contributed by atoms with van der Waals surface area (Å²) in [4.78, 5) is 2.21. The number of hydrogen-bond acceptors (Lipinski definition) is 4. The van der Waals surface area contributed by atoms with E-state index in [4.69, 9.17) is 5.73 Å². The molecule has 0 bridgehead atoms. The van der Waals surface area contributed by atoms with Gasteiger partial charge in [-0.1, -0.05) is 6.92 Å². The molecule has 0 unspecified atom stereocenters. The summed E-state index contributed by atoms with van der Waals surface area (Å²) in [5.41, 5.74) is 8.37. The van der Waals surface area contributed by atoms with Crippen molar-refractivity contribution in [2.75, 3.05) is 18.0 Å². The molecule has 16 heavy (non-hydrogen) atoms. The monoisotopic (exact) mass is 218 g/mol. The maximum Gasteiger partial charge on any atom is 0.151 e. The Kier molecular flexibility index (Phi) is 2.32. The molecule has 0 saturated carbocycles. The fourth-order valence-corrected chi connectivity index (χ4v) is 2.55. The second-order valence-corrected chi connectivity index (χ2v) is 5.19. The highest BCUT2D eigenvalue weighted by atomic mass is 15.3. The van der Waals surface area contributed by atoms with E-state index in [2.05, 4.69) is 28.1 Å². The van der Waals surface area contributed by atoms with Crippen LogP contribution in [0.3, 0.4) is 0 Å². The summed E-state index contributed by atoms with van der Waals surface area (Å²) >= 11 is 0. The third kappa shape index (κ3) is 1.67. The Morgan fingerprint density at radius 1 is 1.38 bits per heavy atom. The van der Waals surface area contributed by atoms with Crippen LogP contribution in [-0.2, 0) is 12.8 Å². The maximum absolute atomic E-state index is 5.78. The van der Waals surface area contributed by atoms with Crippen molar-refractivity contribution in [1.82, 2.24) is 10.2 Å². The van der Waals surface area contributed by atoms with Crippen LogP contribution in [0.2, 0.25) is 0 Å². The molecule has 2 N–H and O–H groups in total. The summed E-state index contributed by atoms with van der Waals surface area (Å²) in [5.74, 6) is 1.79. The number of aromatic nitrogens is 2. The van der Waals surface area contributed by atoms with E-state index in [9.17, 15) is 0 Å². The molecule has 0 radical (unpaired) electrons. The van der Waals surface area contributed by atoms with Crippen molar-refractivity contribution in [3.05, 3.63) is 17.3 Å². The van der Waals surface area contributed by atoms with Gasteiger partial charge in [-0.3, -0.25) is 0 Å². The van der Waals surface area contributed by atoms with Crippen LogP contribution >= 0.6 is 0 Å². The van der Waals surface area contributed by atoms with Crippen LogP contribution in [0.25, 0.3) is 0 Å². The molecule has 0 aromatic carbocycles. The number of fused-ring (bicyclic) bond motifs is 1. The van der Waals surface area contributed by atoms with E-state index in [-0.39, 0.29) is 0 Å². The fourth-order valence-electron chi connectivity index (χ4n) is 2.55. The normalized spacial score (nSPS) is 25.1. The largest absolute Gasteiger partial charge is 0.352 e. The molecule has 0 spiro atoms. The Morgan fingerprint density at radius 2 is 2.19 bits per heavy atom. The van der Waals surface area contributed by atoms with Crippen molar-refractivity contribution >= 4 is 5.82 Å². The second kappa shape index (κ2) is 3.70. The summed E-state index contributed by atoms with van der Waals surface area (Å²) in [5, 5.41) is 8.64. The molecule has 3 rings (SSSR count). The molecule has 0 amide bonds. The predicted octanol–water partition coefficient (Wildman–Crippen LogP) is 0.749. The number of hydrogen-bond donors (Lipinski definition) is 1. The van der Waals surface area contributed by atoms with Crippen LogP contribution in [0.1, 0.15) is 24.6 Å². The van der Waals surface area contributed by atoms with Crippen molar-refractivity contribution < 1.29 is 0 Å². The number of aryl methyl sites for hydroxylation is 1. The number of anilines is 1. The maximum atomic E-state index is 5.78. The first-order valence-electron chi connectivity index (χ1n) is 6.08. The highest BCUT2D eigenvalue weighted by Crippen LogP contribution is 2.26. The highest BCUT2D eigenvalue weighted by Gasteiger charge is 2.26. The summed E-state index contributed by atoms with van der Waals surface area (Å²) in [7, 11) is 0. The summed E-state index contributed by atoms with van der Waals surface area (Å²) in [6.07, 6.45) is 3.48. The third-order valence-corrected chi connectivity index (χ3v) is 3.62. The SMILES string of the molecule is C[C@@H]1CCc2nnc(N3CC(N)C3)cc2C1. The van der Waals surface area contributed by atoms with Gasteiger partial charge < -0.3 is 10.6 Å². The Bertz CT molecular complexity index is 398.